The van der Waals surface area contributed by atoms with E-state index in [1.54, 1.807) is 0 Å². The molecule has 0 N–H and O–H groups in total. The van der Waals surface area contributed by atoms with Crippen molar-refractivity contribution in [2.75, 3.05) is 19.7 Å². The molecule has 0 aromatic rings. The summed E-state index contributed by atoms with van der Waals surface area (Å²) in [6.45, 7) is 8.06. The van der Waals surface area contributed by atoms with Gasteiger partial charge < -0.3 is 9.64 Å². The SMILES string of the molecule is CCOC1CCC(N2CCC(C)CC2)CC1. The predicted octanol–water partition coefficient (Wildman–Crippen LogP) is 3.07. The van der Waals surface area contributed by atoms with Crippen LogP contribution in [0.3, 0.4) is 0 Å². The third-order valence-corrected chi connectivity index (χ3v) is 4.38. The van der Waals surface area contributed by atoms with E-state index in [0.717, 1.165) is 18.6 Å². The summed E-state index contributed by atoms with van der Waals surface area (Å²) in [5, 5.41) is 0. The monoisotopic (exact) mass is 225 g/mol. The second kappa shape index (κ2) is 6.02. The van der Waals surface area contributed by atoms with Crippen LogP contribution >= 0.6 is 0 Å². The zero-order chi connectivity index (χ0) is 11.4. The molecular formula is C14H27NO. The van der Waals surface area contributed by atoms with Crippen molar-refractivity contribution in [3.8, 4) is 0 Å². The third kappa shape index (κ3) is 3.21. The lowest BCUT2D eigenvalue weighted by molar-refractivity contribution is 0.00805. The summed E-state index contributed by atoms with van der Waals surface area (Å²) in [5.74, 6) is 0.955. The molecule has 2 heteroatoms. The molecule has 2 nitrogen and oxygen atoms in total. The maximum atomic E-state index is 5.72. The van der Waals surface area contributed by atoms with Crippen molar-refractivity contribution in [2.24, 2.45) is 5.92 Å². The van der Waals surface area contributed by atoms with Crippen molar-refractivity contribution < 1.29 is 4.74 Å². The van der Waals surface area contributed by atoms with E-state index in [1.807, 2.05) is 0 Å². The normalized spacial score (nSPS) is 34.1. The second-order valence-electron chi connectivity index (χ2n) is 5.60. The molecule has 0 atom stereocenters. The topological polar surface area (TPSA) is 12.5 Å². The molecule has 2 aliphatic rings. The van der Waals surface area contributed by atoms with Gasteiger partial charge in [-0.3, -0.25) is 0 Å². The first-order valence-corrected chi connectivity index (χ1v) is 7.15. The standard InChI is InChI=1S/C14H27NO/c1-3-16-14-6-4-13(5-7-14)15-10-8-12(2)9-11-15/h12-14H,3-11H2,1-2H3. The number of ether oxygens (including phenoxy) is 1. The van der Waals surface area contributed by atoms with Gasteiger partial charge in [0, 0.05) is 12.6 Å². The van der Waals surface area contributed by atoms with E-state index in [4.69, 9.17) is 4.74 Å². The zero-order valence-electron chi connectivity index (χ0n) is 11.0. The quantitative estimate of drug-likeness (QED) is 0.732. The van der Waals surface area contributed by atoms with Gasteiger partial charge in [0.2, 0.25) is 0 Å². The number of rotatable bonds is 3. The Morgan fingerprint density at radius 3 is 2.19 bits per heavy atom. The highest BCUT2D eigenvalue weighted by atomic mass is 16.5. The van der Waals surface area contributed by atoms with Crippen LogP contribution in [0.2, 0.25) is 0 Å². The largest absolute Gasteiger partial charge is 0.379 e. The number of nitrogens with zero attached hydrogens (tertiary/aromatic N) is 1. The van der Waals surface area contributed by atoms with Gasteiger partial charge >= 0.3 is 0 Å². The summed E-state index contributed by atoms with van der Waals surface area (Å²) in [6.07, 6.45) is 8.66. The van der Waals surface area contributed by atoms with Gasteiger partial charge in [0.05, 0.1) is 6.10 Å². The van der Waals surface area contributed by atoms with Crippen LogP contribution in [0.1, 0.15) is 52.4 Å². The molecule has 0 aromatic carbocycles. The first-order valence-electron chi connectivity index (χ1n) is 7.15. The molecule has 1 aliphatic heterocycles. The summed E-state index contributed by atoms with van der Waals surface area (Å²) in [7, 11) is 0. The van der Waals surface area contributed by atoms with Gasteiger partial charge in [-0.25, -0.2) is 0 Å². The summed E-state index contributed by atoms with van der Waals surface area (Å²) in [6, 6.07) is 0.865. The van der Waals surface area contributed by atoms with Gasteiger partial charge in [0.1, 0.15) is 0 Å². The Balaban J connectivity index is 1.72. The lowest BCUT2D eigenvalue weighted by atomic mass is 9.89. The van der Waals surface area contributed by atoms with E-state index in [1.165, 1.54) is 51.6 Å². The third-order valence-electron chi connectivity index (χ3n) is 4.38. The molecule has 2 rings (SSSR count). The van der Waals surface area contributed by atoms with Crippen LogP contribution in [0.25, 0.3) is 0 Å². The molecule has 1 saturated carbocycles. The van der Waals surface area contributed by atoms with Crippen molar-refractivity contribution in [1.82, 2.24) is 4.90 Å². The molecule has 0 amide bonds. The molecule has 2 fully saturated rings. The average molecular weight is 225 g/mol. The highest BCUT2D eigenvalue weighted by molar-refractivity contribution is 4.82. The fraction of sp³-hybridized carbons (Fsp3) is 1.00. The molecular weight excluding hydrogens is 198 g/mol. The second-order valence-corrected chi connectivity index (χ2v) is 5.60. The Morgan fingerprint density at radius 2 is 1.62 bits per heavy atom. The number of piperidine rings is 1. The van der Waals surface area contributed by atoms with E-state index in [9.17, 15) is 0 Å². The summed E-state index contributed by atoms with van der Waals surface area (Å²) >= 11 is 0. The van der Waals surface area contributed by atoms with Crippen LogP contribution in [0, 0.1) is 5.92 Å². The Bertz CT molecular complexity index is 191. The summed E-state index contributed by atoms with van der Waals surface area (Å²) in [4.78, 5) is 2.74. The predicted molar refractivity (Wildman–Crippen MR) is 67.6 cm³/mol. The highest BCUT2D eigenvalue weighted by Crippen LogP contribution is 2.28. The fourth-order valence-corrected chi connectivity index (χ4v) is 3.21. The number of hydrogen-bond acceptors (Lipinski definition) is 2. The van der Waals surface area contributed by atoms with Crippen molar-refractivity contribution in [3.05, 3.63) is 0 Å². The Morgan fingerprint density at radius 1 is 1.00 bits per heavy atom. The van der Waals surface area contributed by atoms with Crippen molar-refractivity contribution in [3.63, 3.8) is 0 Å². The minimum atomic E-state index is 0.560. The Labute approximate surface area is 100 Å². The van der Waals surface area contributed by atoms with Crippen LogP contribution in [0.4, 0.5) is 0 Å². The van der Waals surface area contributed by atoms with Crippen molar-refractivity contribution >= 4 is 0 Å². The molecule has 1 saturated heterocycles. The molecule has 0 spiro atoms. The van der Waals surface area contributed by atoms with Crippen molar-refractivity contribution in [1.29, 1.82) is 0 Å². The molecule has 94 valence electrons. The number of hydrogen-bond donors (Lipinski definition) is 0. The lowest BCUT2D eigenvalue weighted by Crippen LogP contribution is -2.43. The van der Waals surface area contributed by atoms with Crippen LogP contribution in [-0.4, -0.2) is 36.7 Å². The van der Waals surface area contributed by atoms with Gasteiger partial charge in [-0.2, -0.15) is 0 Å². The van der Waals surface area contributed by atoms with Crippen LogP contribution in [-0.2, 0) is 4.74 Å². The molecule has 1 heterocycles. The van der Waals surface area contributed by atoms with E-state index in [2.05, 4.69) is 18.7 Å². The van der Waals surface area contributed by atoms with E-state index < -0.39 is 0 Å². The molecule has 0 bridgehead atoms. The average Bonchev–Trinajstić information content (AvgIpc) is 2.32. The van der Waals surface area contributed by atoms with Crippen LogP contribution in [0.15, 0.2) is 0 Å². The van der Waals surface area contributed by atoms with Gasteiger partial charge in [0.25, 0.3) is 0 Å². The van der Waals surface area contributed by atoms with Crippen LogP contribution in [0.5, 0.6) is 0 Å². The van der Waals surface area contributed by atoms with Gasteiger partial charge in [-0.05, 0) is 64.5 Å². The molecule has 0 radical (unpaired) electrons. The summed E-state index contributed by atoms with van der Waals surface area (Å²) in [5.41, 5.74) is 0. The molecule has 0 aromatic heterocycles. The van der Waals surface area contributed by atoms with E-state index >= 15 is 0 Å². The summed E-state index contributed by atoms with van der Waals surface area (Å²) < 4.78 is 5.72. The van der Waals surface area contributed by atoms with Gasteiger partial charge in [-0.15, -0.1) is 0 Å². The molecule has 0 unspecified atom stereocenters. The smallest absolute Gasteiger partial charge is 0.0576 e. The minimum Gasteiger partial charge on any atom is -0.379 e. The first kappa shape index (κ1) is 12.4. The zero-order valence-corrected chi connectivity index (χ0v) is 11.0. The Kier molecular flexibility index (Phi) is 4.66. The van der Waals surface area contributed by atoms with Crippen molar-refractivity contribution in [2.45, 2.75) is 64.5 Å². The van der Waals surface area contributed by atoms with Gasteiger partial charge in [0.15, 0.2) is 0 Å². The van der Waals surface area contributed by atoms with E-state index in [0.29, 0.717) is 6.10 Å². The highest BCUT2D eigenvalue weighted by Gasteiger charge is 2.27. The van der Waals surface area contributed by atoms with Crippen LogP contribution < -0.4 is 0 Å². The number of likely N-dealkylation sites (tertiary alicyclic amines) is 1. The van der Waals surface area contributed by atoms with Gasteiger partial charge in [-0.1, -0.05) is 6.92 Å². The molecule has 16 heavy (non-hydrogen) atoms. The maximum absolute atomic E-state index is 5.72. The molecule has 1 aliphatic carbocycles. The lowest BCUT2D eigenvalue weighted by Gasteiger charge is -2.40. The minimum absolute atomic E-state index is 0.560. The van der Waals surface area contributed by atoms with E-state index in [-0.39, 0.29) is 0 Å². The Hall–Kier alpha value is -0.0800. The maximum Gasteiger partial charge on any atom is 0.0576 e. The first-order chi connectivity index (χ1) is 7.79. The fourth-order valence-electron chi connectivity index (χ4n) is 3.21.